The van der Waals surface area contributed by atoms with Crippen molar-refractivity contribution >= 4 is 11.9 Å². The molecule has 1 saturated carbocycles. The van der Waals surface area contributed by atoms with Crippen LogP contribution in [0.4, 0.5) is 0 Å². The lowest BCUT2D eigenvalue weighted by atomic mass is 10.1. The summed E-state index contributed by atoms with van der Waals surface area (Å²) in [5.74, 6) is 0.714. The van der Waals surface area contributed by atoms with Gasteiger partial charge in [0.05, 0.1) is 0 Å². The minimum atomic E-state index is -0.0351. The van der Waals surface area contributed by atoms with Crippen LogP contribution in [0.15, 0.2) is 35.3 Å². The van der Waals surface area contributed by atoms with E-state index in [1.165, 1.54) is 37.8 Å². The number of hydrogen-bond donors (Lipinski definition) is 3. The summed E-state index contributed by atoms with van der Waals surface area (Å²) in [6.45, 7) is 5.89. The molecule has 1 atom stereocenters. The van der Waals surface area contributed by atoms with Crippen molar-refractivity contribution in [3.05, 3.63) is 35.9 Å². The predicted molar refractivity (Wildman–Crippen MR) is 115 cm³/mol. The maximum atomic E-state index is 12.1. The van der Waals surface area contributed by atoms with Gasteiger partial charge in [-0.3, -0.25) is 9.69 Å². The molecular weight excluding hydrogens is 350 g/mol. The fourth-order valence-corrected chi connectivity index (χ4v) is 4.22. The number of guanidine groups is 1. The highest BCUT2D eigenvalue weighted by Crippen LogP contribution is 2.26. The second kappa shape index (κ2) is 11.1. The number of hydrogen-bond acceptors (Lipinski definition) is 3. The Labute approximate surface area is 169 Å². The number of carbonyl (C=O) groups excluding carboxylic acids is 1. The lowest BCUT2D eigenvalue weighted by Gasteiger charge is -2.24. The quantitative estimate of drug-likeness (QED) is 0.472. The summed E-state index contributed by atoms with van der Waals surface area (Å²) in [5, 5.41) is 9.75. The van der Waals surface area contributed by atoms with Gasteiger partial charge in [-0.1, -0.05) is 43.2 Å². The Morgan fingerprint density at radius 2 is 1.93 bits per heavy atom. The van der Waals surface area contributed by atoms with E-state index in [2.05, 4.69) is 44.9 Å². The molecular formula is C22H35N5O. The molecule has 0 aromatic heterocycles. The van der Waals surface area contributed by atoms with Crippen molar-refractivity contribution in [1.29, 1.82) is 0 Å². The molecule has 1 aromatic carbocycles. The third kappa shape index (κ3) is 6.51. The van der Waals surface area contributed by atoms with E-state index in [9.17, 15) is 4.79 Å². The Balaban J connectivity index is 1.40. The highest BCUT2D eigenvalue weighted by Gasteiger charge is 2.30. The smallest absolute Gasteiger partial charge is 0.241 e. The normalized spacial score (nSPS) is 21.0. The molecule has 154 valence electrons. The highest BCUT2D eigenvalue weighted by molar-refractivity contribution is 5.85. The van der Waals surface area contributed by atoms with Crippen LogP contribution in [0.25, 0.3) is 0 Å². The lowest BCUT2D eigenvalue weighted by molar-refractivity contribution is -0.119. The number of rotatable bonds is 8. The van der Waals surface area contributed by atoms with E-state index in [4.69, 9.17) is 0 Å². The summed E-state index contributed by atoms with van der Waals surface area (Å²) < 4.78 is 0. The Bertz CT molecular complexity index is 627. The molecule has 1 amide bonds. The second-order valence-electron chi connectivity index (χ2n) is 7.84. The number of likely N-dealkylation sites (tertiary alicyclic amines) is 1. The minimum Gasteiger partial charge on any atom is -0.357 e. The van der Waals surface area contributed by atoms with E-state index < -0.39 is 0 Å². The molecule has 1 aliphatic carbocycles. The zero-order valence-electron chi connectivity index (χ0n) is 17.1. The van der Waals surface area contributed by atoms with Gasteiger partial charge >= 0.3 is 0 Å². The maximum absolute atomic E-state index is 12.1. The monoisotopic (exact) mass is 385 g/mol. The first-order valence-electron chi connectivity index (χ1n) is 10.8. The van der Waals surface area contributed by atoms with Crippen LogP contribution >= 0.6 is 0 Å². The molecule has 3 N–H and O–H groups in total. The van der Waals surface area contributed by atoms with Crippen LogP contribution in [0.3, 0.4) is 0 Å². The van der Waals surface area contributed by atoms with E-state index in [0.29, 0.717) is 12.6 Å². The average Bonchev–Trinajstić information content (AvgIpc) is 3.39. The fraction of sp³-hybridized carbons (Fsp3) is 0.636. The standard InChI is InChI=1S/C22H35N5O/c1-2-23-22(26-19-13-15-27(17-19)20-10-6-7-11-20)25-16-21(28)24-14-12-18-8-4-3-5-9-18/h3-5,8-9,19-20H,2,6-7,10-17H2,1H3,(H,24,28)(H2,23,25,26). The van der Waals surface area contributed by atoms with Crippen LogP contribution in [-0.2, 0) is 11.2 Å². The van der Waals surface area contributed by atoms with E-state index in [-0.39, 0.29) is 12.5 Å². The summed E-state index contributed by atoms with van der Waals surface area (Å²) in [7, 11) is 0. The van der Waals surface area contributed by atoms with E-state index in [1.807, 2.05) is 18.2 Å². The number of carbonyl (C=O) groups is 1. The van der Waals surface area contributed by atoms with E-state index in [1.54, 1.807) is 0 Å². The maximum Gasteiger partial charge on any atom is 0.241 e. The number of aliphatic imine (C=N–C) groups is 1. The van der Waals surface area contributed by atoms with Gasteiger partial charge in [0.15, 0.2) is 5.96 Å². The molecule has 1 aromatic rings. The molecule has 0 radical (unpaired) electrons. The number of benzene rings is 1. The van der Waals surface area contributed by atoms with Gasteiger partial charge in [-0.2, -0.15) is 0 Å². The third-order valence-electron chi connectivity index (χ3n) is 5.71. The van der Waals surface area contributed by atoms with Gasteiger partial charge < -0.3 is 16.0 Å². The van der Waals surface area contributed by atoms with Crippen molar-refractivity contribution in [1.82, 2.24) is 20.9 Å². The molecule has 1 unspecified atom stereocenters. The number of amides is 1. The molecule has 1 saturated heterocycles. The Hall–Kier alpha value is -2.08. The first-order chi connectivity index (χ1) is 13.7. The third-order valence-corrected chi connectivity index (χ3v) is 5.71. The average molecular weight is 386 g/mol. The molecule has 1 aliphatic heterocycles. The molecule has 0 spiro atoms. The number of nitrogens with one attached hydrogen (secondary N) is 3. The molecule has 6 heteroatoms. The zero-order chi connectivity index (χ0) is 19.6. The SMILES string of the molecule is CCNC(=NCC(=O)NCCc1ccccc1)NC1CCN(C2CCCC2)C1. The summed E-state index contributed by atoms with van der Waals surface area (Å²) in [4.78, 5) is 19.2. The Kier molecular flexibility index (Phi) is 8.15. The van der Waals surface area contributed by atoms with Crippen LogP contribution in [0.2, 0.25) is 0 Å². The molecule has 2 aliphatic rings. The van der Waals surface area contributed by atoms with Gasteiger partial charge in [-0.05, 0) is 38.2 Å². The van der Waals surface area contributed by atoms with E-state index >= 15 is 0 Å². The predicted octanol–water partition coefficient (Wildman–Crippen LogP) is 1.92. The molecule has 3 rings (SSSR count). The second-order valence-corrected chi connectivity index (χ2v) is 7.84. The van der Waals surface area contributed by atoms with Crippen molar-refractivity contribution in [2.45, 2.75) is 57.5 Å². The highest BCUT2D eigenvalue weighted by atomic mass is 16.1. The Morgan fingerprint density at radius 3 is 2.68 bits per heavy atom. The first kappa shape index (κ1) is 20.6. The van der Waals surface area contributed by atoms with Gasteiger partial charge in [0, 0.05) is 38.3 Å². The molecule has 6 nitrogen and oxygen atoms in total. The topological polar surface area (TPSA) is 68.8 Å². The summed E-state index contributed by atoms with van der Waals surface area (Å²) in [5.41, 5.74) is 1.23. The first-order valence-corrected chi connectivity index (χ1v) is 10.8. The molecule has 2 fully saturated rings. The summed E-state index contributed by atoms with van der Waals surface area (Å²) in [6.07, 6.45) is 7.44. The largest absolute Gasteiger partial charge is 0.357 e. The van der Waals surface area contributed by atoms with Crippen molar-refractivity contribution < 1.29 is 4.79 Å². The molecule has 0 bridgehead atoms. The minimum absolute atomic E-state index is 0.0351. The van der Waals surface area contributed by atoms with Crippen molar-refractivity contribution in [3.8, 4) is 0 Å². The van der Waals surface area contributed by atoms with E-state index in [0.717, 1.165) is 37.9 Å². The summed E-state index contributed by atoms with van der Waals surface area (Å²) in [6, 6.07) is 11.4. The Morgan fingerprint density at radius 1 is 1.14 bits per heavy atom. The van der Waals surface area contributed by atoms with Crippen molar-refractivity contribution in [2.75, 3.05) is 32.7 Å². The van der Waals surface area contributed by atoms with Gasteiger partial charge in [-0.15, -0.1) is 0 Å². The van der Waals surface area contributed by atoms with Crippen LogP contribution in [0.1, 0.15) is 44.6 Å². The molecule has 28 heavy (non-hydrogen) atoms. The van der Waals surface area contributed by atoms with Crippen LogP contribution < -0.4 is 16.0 Å². The van der Waals surface area contributed by atoms with Gasteiger partial charge in [0.1, 0.15) is 6.54 Å². The van der Waals surface area contributed by atoms with Gasteiger partial charge in [-0.25, -0.2) is 4.99 Å². The van der Waals surface area contributed by atoms with Crippen LogP contribution in [0, 0.1) is 0 Å². The fourth-order valence-electron chi connectivity index (χ4n) is 4.22. The van der Waals surface area contributed by atoms with Crippen LogP contribution in [0.5, 0.6) is 0 Å². The zero-order valence-corrected chi connectivity index (χ0v) is 17.1. The number of nitrogens with zero attached hydrogens (tertiary/aromatic N) is 2. The lowest BCUT2D eigenvalue weighted by Crippen LogP contribution is -2.45. The van der Waals surface area contributed by atoms with Gasteiger partial charge in [0.2, 0.25) is 5.91 Å². The summed E-state index contributed by atoms with van der Waals surface area (Å²) >= 11 is 0. The van der Waals surface area contributed by atoms with Crippen molar-refractivity contribution in [3.63, 3.8) is 0 Å². The van der Waals surface area contributed by atoms with Crippen LogP contribution in [-0.4, -0.2) is 61.6 Å². The van der Waals surface area contributed by atoms with Crippen molar-refractivity contribution in [2.24, 2.45) is 4.99 Å². The molecule has 1 heterocycles. The van der Waals surface area contributed by atoms with Gasteiger partial charge in [0.25, 0.3) is 0 Å².